The van der Waals surface area contributed by atoms with Crippen LogP contribution in [0.25, 0.3) is 0 Å². The fourth-order valence-electron chi connectivity index (χ4n) is 0.552. The standard InChI is InChI=1S/C5H7Cl2N3O/c1-2-11-10-8-4(6)3-5(7)9-10/h3,8H,2H2,1H3. The summed E-state index contributed by atoms with van der Waals surface area (Å²) in [5, 5.41) is 5.51. The number of allylic oxidation sites excluding steroid dienone is 1. The van der Waals surface area contributed by atoms with Crippen LogP contribution in [0.5, 0.6) is 0 Å². The first-order valence-corrected chi connectivity index (χ1v) is 3.79. The summed E-state index contributed by atoms with van der Waals surface area (Å²) < 4.78 is 0. The van der Waals surface area contributed by atoms with Crippen molar-refractivity contribution < 1.29 is 4.84 Å². The first-order valence-electron chi connectivity index (χ1n) is 3.03. The van der Waals surface area contributed by atoms with Gasteiger partial charge >= 0.3 is 0 Å². The third-order valence-electron chi connectivity index (χ3n) is 0.886. The fraction of sp³-hybridized carbons (Fsp3) is 0.400. The van der Waals surface area contributed by atoms with Gasteiger partial charge in [0.15, 0.2) is 5.17 Å². The van der Waals surface area contributed by atoms with E-state index in [2.05, 4.69) is 10.5 Å². The van der Waals surface area contributed by atoms with Crippen LogP contribution in [0.1, 0.15) is 6.92 Å². The minimum atomic E-state index is 0.280. The number of nitrogens with one attached hydrogen (secondary N) is 1. The molecule has 1 aliphatic rings. The Balaban J connectivity index is 2.56. The summed E-state index contributed by atoms with van der Waals surface area (Å²) in [6.07, 6.45) is 1.48. The van der Waals surface area contributed by atoms with Gasteiger partial charge in [-0.3, -0.25) is 0 Å². The number of hydrazine groups is 1. The number of hydrogen-bond donors (Lipinski definition) is 1. The second-order valence-electron chi connectivity index (χ2n) is 1.72. The van der Waals surface area contributed by atoms with Crippen LogP contribution in [-0.2, 0) is 4.84 Å². The number of hydrogen-bond acceptors (Lipinski definition) is 4. The highest BCUT2D eigenvalue weighted by atomic mass is 35.5. The van der Waals surface area contributed by atoms with E-state index in [-0.39, 0.29) is 5.17 Å². The smallest absolute Gasteiger partial charge is 0.156 e. The lowest BCUT2D eigenvalue weighted by molar-refractivity contribution is -0.184. The maximum absolute atomic E-state index is 5.61. The van der Waals surface area contributed by atoms with Crippen molar-refractivity contribution in [2.45, 2.75) is 6.92 Å². The molecule has 0 bridgehead atoms. The summed E-state index contributed by atoms with van der Waals surface area (Å²) in [7, 11) is 0. The SMILES string of the molecule is CCON1N=C(Cl)C=C(Cl)N1. The fourth-order valence-corrected chi connectivity index (χ4v) is 0.962. The third kappa shape index (κ3) is 2.57. The molecule has 0 aromatic carbocycles. The molecule has 0 saturated heterocycles. The highest BCUT2D eigenvalue weighted by Gasteiger charge is 2.08. The monoisotopic (exact) mass is 195 g/mol. The Morgan fingerprint density at radius 1 is 1.73 bits per heavy atom. The van der Waals surface area contributed by atoms with Crippen LogP contribution < -0.4 is 5.43 Å². The van der Waals surface area contributed by atoms with Gasteiger partial charge in [-0.1, -0.05) is 28.5 Å². The second-order valence-corrected chi connectivity index (χ2v) is 2.51. The Hall–Kier alpha value is -0.450. The first-order chi connectivity index (χ1) is 5.22. The maximum Gasteiger partial charge on any atom is 0.156 e. The molecular formula is C5H7Cl2N3O. The summed E-state index contributed by atoms with van der Waals surface area (Å²) in [6.45, 7) is 2.32. The van der Waals surface area contributed by atoms with Crippen molar-refractivity contribution in [3.05, 3.63) is 11.2 Å². The minimum absolute atomic E-state index is 0.280. The first kappa shape index (κ1) is 8.64. The van der Waals surface area contributed by atoms with Crippen LogP contribution in [0.15, 0.2) is 16.3 Å². The Morgan fingerprint density at radius 2 is 2.45 bits per heavy atom. The van der Waals surface area contributed by atoms with Crippen LogP contribution in [0, 0.1) is 0 Å². The number of hydrazone groups is 1. The molecule has 0 fully saturated rings. The maximum atomic E-state index is 5.61. The topological polar surface area (TPSA) is 36.9 Å². The van der Waals surface area contributed by atoms with Crippen molar-refractivity contribution in [2.75, 3.05) is 6.61 Å². The van der Waals surface area contributed by atoms with E-state index in [1.165, 1.54) is 6.08 Å². The van der Waals surface area contributed by atoms with E-state index < -0.39 is 0 Å². The van der Waals surface area contributed by atoms with E-state index in [0.29, 0.717) is 11.8 Å². The number of rotatable bonds is 2. The van der Waals surface area contributed by atoms with Crippen molar-refractivity contribution in [3.8, 4) is 0 Å². The zero-order chi connectivity index (χ0) is 8.27. The molecule has 0 aromatic heterocycles. The highest BCUT2D eigenvalue weighted by molar-refractivity contribution is 6.69. The normalized spacial score (nSPS) is 17.2. The van der Waals surface area contributed by atoms with Gasteiger partial charge in [0.2, 0.25) is 0 Å². The largest absolute Gasteiger partial charge is 0.246 e. The Kier molecular flexibility index (Phi) is 2.99. The van der Waals surface area contributed by atoms with Crippen molar-refractivity contribution in [1.29, 1.82) is 0 Å². The molecule has 0 radical (unpaired) electrons. The molecule has 1 N–H and O–H groups in total. The van der Waals surface area contributed by atoms with Gasteiger partial charge < -0.3 is 0 Å². The quantitative estimate of drug-likeness (QED) is 0.678. The second kappa shape index (κ2) is 3.80. The summed E-state index contributed by atoms with van der Waals surface area (Å²) in [4.78, 5) is 4.95. The van der Waals surface area contributed by atoms with Crippen molar-refractivity contribution in [2.24, 2.45) is 5.10 Å². The van der Waals surface area contributed by atoms with Gasteiger partial charge in [-0.25, -0.2) is 10.3 Å². The van der Waals surface area contributed by atoms with Crippen LogP contribution in [0.3, 0.4) is 0 Å². The molecule has 0 aromatic rings. The molecule has 62 valence electrons. The van der Waals surface area contributed by atoms with Gasteiger partial charge in [-0.2, -0.15) is 0 Å². The molecule has 11 heavy (non-hydrogen) atoms. The Morgan fingerprint density at radius 3 is 3.00 bits per heavy atom. The van der Waals surface area contributed by atoms with Crippen molar-refractivity contribution in [3.63, 3.8) is 0 Å². The molecule has 6 heteroatoms. The van der Waals surface area contributed by atoms with E-state index in [9.17, 15) is 0 Å². The molecular weight excluding hydrogens is 189 g/mol. The Bertz CT molecular complexity index is 204. The summed E-state index contributed by atoms with van der Waals surface area (Å²) in [5.74, 6) is 0. The molecule has 0 aliphatic carbocycles. The molecule has 1 aliphatic heterocycles. The average Bonchev–Trinajstić information content (AvgIpc) is 1.85. The van der Waals surface area contributed by atoms with Gasteiger partial charge in [0.25, 0.3) is 0 Å². The summed E-state index contributed by atoms with van der Waals surface area (Å²) in [6, 6.07) is 0. The van der Waals surface area contributed by atoms with Crippen molar-refractivity contribution in [1.82, 2.24) is 10.7 Å². The van der Waals surface area contributed by atoms with Gasteiger partial charge in [-0.15, -0.1) is 5.10 Å². The molecule has 0 spiro atoms. The van der Waals surface area contributed by atoms with E-state index in [0.717, 1.165) is 5.28 Å². The molecule has 0 amide bonds. The summed E-state index contributed by atoms with van der Waals surface area (Å²) in [5.41, 5.74) is 2.61. The van der Waals surface area contributed by atoms with E-state index in [1.54, 1.807) is 0 Å². The number of halogens is 2. The van der Waals surface area contributed by atoms with Gasteiger partial charge in [-0.05, 0) is 6.92 Å². The predicted molar refractivity (Wildman–Crippen MR) is 43.8 cm³/mol. The predicted octanol–water partition coefficient (Wildman–Crippen LogP) is 1.39. The lowest BCUT2D eigenvalue weighted by atomic mass is 10.6. The van der Waals surface area contributed by atoms with Crippen LogP contribution in [-0.4, -0.2) is 17.1 Å². The molecule has 4 nitrogen and oxygen atoms in total. The van der Waals surface area contributed by atoms with Crippen LogP contribution in [0.4, 0.5) is 0 Å². The summed E-state index contributed by atoms with van der Waals surface area (Å²) >= 11 is 11.2. The number of nitrogens with zero attached hydrogens (tertiary/aromatic N) is 2. The molecule has 1 heterocycles. The van der Waals surface area contributed by atoms with Crippen molar-refractivity contribution >= 4 is 28.4 Å². The zero-order valence-corrected chi connectivity index (χ0v) is 7.35. The van der Waals surface area contributed by atoms with Crippen LogP contribution >= 0.6 is 23.2 Å². The molecule has 0 saturated carbocycles. The van der Waals surface area contributed by atoms with E-state index in [4.69, 9.17) is 28.0 Å². The molecule has 0 unspecified atom stereocenters. The minimum Gasteiger partial charge on any atom is -0.246 e. The Labute approximate surface area is 74.3 Å². The third-order valence-corrected chi connectivity index (χ3v) is 1.26. The zero-order valence-electron chi connectivity index (χ0n) is 5.84. The molecule has 1 rings (SSSR count). The lowest BCUT2D eigenvalue weighted by Crippen LogP contribution is -2.34. The average molecular weight is 196 g/mol. The molecule has 0 atom stereocenters. The van der Waals surface area contributed by atoms with E-state index in [1.807, 2.05) is 6.92 Å². The van der Waals surface area contributed by atoms with Gasteiger partial charge in [0, 0.05) is 6.08 Å². The highest BCUT2D eigenvalue weighted by Crippen LogP contribution is 2.07. The van der Waals surface area contributed by atoms with Crippen LogP contribution in [0.2, 0.25) is 0 Å². The lowest BCUT2D eigenvalue weighted by Gasteiger charge is -2.20. The van der Waals surface area contributed by atoms with Gasteiger partial charge in [0.1, 0.15) is 5.16 Å². The van der Waals surface area contributed by atoms with Gasteiger partial charge in [0.05, 0.1) is 6.61 Å². The van der Waals surface area contributed by atoms with E-state index >= 15 is 0 Å².